The lowest BCUT2D eigenvalue weighted by Gasteiger charge is -2.15. The van der Waals surface area contributed by atoms with Crippen LogP contribution in [-0.4, -0.2) is 12.5 Å². The minimum absolute atomic E-state index is 0.299. The highest BCUT2D eigenvalue weighted by Crippen LogP contribution is 2.16. The van der Waals surface area contributed by atoms with Gasteiger partial charge in [-0.05, 0) is 44.0 Å². The van der Waals surface area contributed by atoms with E-state index in [-0.39, 0.29) is 11.7 Å². The van der Waals surface area contributed by atoms with E-state index in [0.717, 1.165) is 4.47 Å². The maximum atomic E-state index is 13.4. The van der Waals surface area contributed by atoms with E-state index in [1.807, 2.05) is 6.07 Å². The van der Waals surface area contributed by atoms with Crippen LogP contribution in [0.4, 0.5) is 4.39 Å². The van der Waals surface area contributed by atoms with Crippen molar-refractivity contribution in [3.8, 4) is 6.07 Å². The number of rotatable bonds is 4. The number of carbonyl (C=O) groups excluding carboxylic acids is 1. The summed E-state index contributed by atoms with van der Waals surface area (Å²) in [5, 5.41) is 11.4. The molecule has 0 aliphatic carbocycles. The van der Waals surface area contributed by atoms with E-state index in [2.05, 4.69) is 21.2 Å². The van der Waals surface area contributed by atoms with E-state index in [4.69, 9.17) is 5.26 Å². The molecule has 0 aliphatic heterocycles. The van der Waals surface area contributed by atoms with Gasteiger partial charge in [-0.2, -0.15) is 5.26 Å². The van der Waals surface area contributed by atoms with Crippen LogP contribution >= 0.6 is 15.9 Å². The van der Waals surface area contributed by atoms with E-state index in [9.17, 15) is 9.18 Å². The van der Waals surface area contributed by atoms with Gasteiger partial charge in [0.1, 0.15) is 11.2 Å². The second kappa shape index (κ2) is 5.96. The van der Waals surface area contributed by atoms with Crippen molar-refractivity contribution in [2.45, 2.75) is 20.3 Å². The summed E-state index contributed by atoms with van der Waals surface area (Å²) in [5.41, 5.74) is -0.532. The predicted molar refractivity (Wildman–Crippen MR) is 70.2 cm³/mol. The van der Waals surface area contributed by atoms with Gasteiger partial charge in [0.25, 0.3) is 0 Å². The Morgan fingerprint density at radius 1 is 1.56 bits per heavy atom. The largest absolute Gasteiger partial charge is 0.354 e. The number of nitrogens with one attached hydrogen (secondary N) is 1. The summed E-state index contributed by atoms with van der Waals surface area (Å²) in [4.78, 5) is 11.6. The molecule has 96 valence electrons. The van der Waals surface area contributed by atoms with Gasteiger partial charge in [-0.1, -0.05) is 15.9 Å². The molecule has 1 aromatic carbocycles. The average Bonchev–Trinajstić information content (AvgIpc) is 2.33. The zero-order chi connectivity index (χ0) is 13.8. The summed E-state index contributed by atoms with van der Waals surface area (Å²) < 4.78 is 14.2. The highest BCUT2D eigenvalue weighted by Gasteiger charge is 2.26. The molecule has 0 saturated heterocycles. The molecule has 3 nitrogen and oxygen atoms in total. The predicted octanol–water partition coefficient (Wildman–Crippen LogP) is 2.80. The van der Waals surface area contributed by atoms with Gasteiger partial charge in [-0.3, -0.25) is 4.79 Å². The molecule has 0 radical (unpaired) electrons. The Morgan fingerprint density at radius 3 is 2.83 bits per heavy atom. The molecule has 1 rings (SSSR count). The first kappa shape index (κ1) is 14.7. The highest BCUT2D eigenvalue weighted by molar-refractivity contribution is 9.10. The molecule has 0 unspecified atom stereocenters. The Kier molecular flexibility index (Phi) is 4.85. The fraction of sp³-hybridized carbons (Fsp3) is 0.385. The first-order valence-electron chi connectivity index (χ1n) is 5.50. The van der Waals surface area contributed by atoms with E-state index in [1.165, 1.54) is 6.07 Å². The normalized spacial score (nSPS) is 10.8. The van der Waals surface area contributed by atoms with E-state index in [1.54, 1.807) is 26.0 Å². The second-order valence-corrected chi connectivity index (χ2v) is 5.39. The number of nitriles is 1. The van der Waals surface area contributed by atoms with Crippen LogP contribution in [0.1, 0.15) is 19.4 Å². The van der Waals surface area contributed by atoms with Crippen molar-refractivity contribution in [3.05, 3.63) is 34.1 Å². The summed E-state index contributed by atoms with van der Waals surface area (Å²) in [7, 11) is 0. The zero-order valence-corrected chi connectivity index (χ0v) is 11.8. The molecule has 5 heteroatoms. The smallest absolute Gasteiger partial charge is 0.239 e. The van der Waals surface area contributed by atoms with Gasteiger partial charge in [0.15, 0.2) is 0 Å². The molecule has 1 N–H and O–H groups in total. The highest BCUT2D eigenvalue weighted by atomic mass is 79.9. The fourth-order valence-corrected chi connectivity index (χ4v) is 1.73. The number of hydrogen-bond acceptors (Lipinski definition) is 2. The number of carbonyl (C=O) groups is 1. The average molecular weight is 313 g/mol. The van der Waals surface area contributed by atoms with Gasteiger partial charge in [0.05, 0.1) is 6.07 Å². The fourth-order valence-electron chi connectivity index (χ4n) is 1.32. The molecule has 0 saturated carbocycles. The third-order valence-corrected chi connectivity index (χ3v) is 3.03. The standard InChI is InChI=1S/C13H14BrFN2O/c1-13(2,8-16)12(18)17-6-5-9-7-10(14)3-4-11(9)15/h3-4,7H,5-6H2,1-2H3,(H,17,18). The maximum absolute atomic E-state index is 13.4. The van der Waals surface area contributed by atoms with Crippen molar-refractivity contribution >= 4 is 21.8 Å². The summed E-state index contributed by atoms with van der Waals surface area (Å²) in [5.74, 6) is -0.646. The van der Waals surface area contributed by atoms with Crippen molar-refractivity contribution in [3.63, 3.8) is 0 Å². The van der Waals surface area contributed by atoms with Gasteiger partial charge in [0.2, 0.25) is 5.91 Å². The van der Waals surface area contributed by atoms with Crippen molar-refractivity contribution in [2.24, 2.45) is 5.41 Å². The maximum Gasteiger partial charge on any atom is 0.239 e. The topological polar surface area (TPSA) is 52.9 Å². The van der Waals surface area contributed by atoms with Crippen LogP contribution in [0.3, 0.4) is 0 Å². The van der Waals surface area contributed by atoms with Gasteiger partial charge >= 0.3 is 0 Å². The number of nitrogens with zero attached hydrogens (tertiary/aromatic N) is 1. The Hall–Kier alpha value is -1.41. The number of benzene rings is 1. The lowest BCUT2D eigenvalue weighted by molar-refractivity contribution is -0.126. The molecular formula is C13H14BrFN2O. The Balaban J connectivity index is 2.55. The van der Waals surface area contributed by atoms with Crippen LogP contribution in [0.2, 0.25) is 0 Å². The quantitative estimate of drug-likeness (QED) is 0.929. The Morgan fingerprint density at radius 2 is 2.22 bits per heavy atom. The minimum Gasteiger partial charge on any atom is -0.354 e. The van der Waals surface area contributed by atoms with Crippen LogP contribution in [0, 0.1) is 22.6 Å². The summed E-state index contributed by atoms with van der Waals surface area (Å²) >= 11 is 3.26. The van der Waals surface area contributed by atoms with Crippen molar-refractivity contribution in [2.75, 3.05) is 6.54 Å². The molecule has 0 aliphatic rings. The summed E-state index contributed by atoms with van der Waals surface area (Å²) in [6.07, 6.45) is 0.387. The van der Waals surface area contributed by atoms with Gasteiger partial charge in [-0.15, -0.1) is 0 Å². The van der Waals surface area contributed by atoms with E-state index < -0.39 is 5.41 Å². The first-order valence-corrected chi connectivity index (χ1v) is 6.29. The van der Waals surface area contributed by atoms with Crippen LogP contribution < -0.4 is 5.32 Å². The molecule has 1 aromatic rings. The SMILES string of the molecule is CC(C)(C#N)C(=O)NCCc1cc(Br)ccc1F. The lowest BCUT2D eigenvalue weighted by atomic mass is 9.95. The van der Waals surface area contributed by atoms with E-state index in [0.29, 0.717) is 18.5 Å². The molecule has 0 fully saturated rings. The van der Waals surface area contributed by atoms with E-state index >= 15 is 0 Å². The Labute approximate surface area is 114 Å². The monoisotopic (exact) mass is 312 g/mol. The van der Waals surface area contributed by atoms with Crippen molar-refractivity contribution in [1.82, 2.24) is 5.32 Å². The third-order valence-electron chi connectivity index (χ3n) is 2.53. The molecule has 0 bridgehead atoms. The van der Waals surface area contributed by atoms with Crippen LogP contribution in [0.25, 0.3) is 0 Å². The molecule has 1 amide bonds. The lowest BCUT2D eigenvalue weighted by Crippen LogP contribution is -2.37. The molecule has 0 heterocycles. The zero-order valence-electron chi connectivity index (χ0n) is 10.3. The number of halogens is 2. The van der Waals surface area contributed by atoms with Crippen LogP contribution in [0.5, 0.6) is 0 Å². The second-order valence-electron chi connectivity index (χ2n) is 4.48. The molecule has 0 aromatic heterocycles. The van der Waals surface area contributed by atoms with Crippen LogP contribution in [0.15, 0.2) is 22.7 Å². The molecule has 18 heavy (non-hydrogen) atoms. The van der Waals surface area contributed by atoms with Gasteiger partial charge in [0, 0.05) is 11.0 Å². The van der Waals surface area contributed by atoms with Crippen molar-refractivity contribution in [1.29, 1.82) is 5.26 Å². The van der Waals surface area contributed by atoms with Gasteiger partial charge in [-0.25, -0.2) is 4.39 Å². The molecular weight excluding hydrogens is 299 g/mol. The van der Waals surface area contributed by atoms with Gasteiger partial charge < -0.3 is 5.32 Å². The van der Waals surface area contributed by atoms with Crippen LogP contribution in [-0.2, 0) is 11.2 Å². The first-order chi connectivity index (χ1) is 8.36. The number of amides is 1. The summed E-state index contributed by atoms with van der Waals surface area (Å²) in [6, 6.07) is 6.59. The summed E-state index contributed by atoms with van der Waals surface area (Å²) in [6.45, 7) is 3.39. The Bertz CT molecular complexity index is 494. The molecule has 0 atom stereocenters. The number of hydrogen-bond donors (Lipinski definition) is 1. The van der Waals surface area contributed by atoms with Crippen molar-refractivity contribution < 1.29 is 9.18 Å². The molecule has 0 spiro atoms. The minimum atomic E-state index is -1.06. The third kappa shape index (κ3) is 3.81.